The summed E-state index contributed by atoms with van der Waals surface area (Å²) in [6, 6.07) is 6.92. The molecule has 12 heavy (non-hydrogen) atoms. The summed E-state index contributed by atoms with van der Waals surface area (Å²) in [4.78, 5) is 10.3. The van der Waals surface area contributed by atoms with E-state index in [1.54, 1.807) is 6.07 Å². The number of nitrogens with two attached hydrogens (primary N) is 1. The number of hydrogen-bond donors (Lipinski definition) is 1. The molecule has 0 bridgehead atoms. The van der Waals surface area contributed by atoms with E-state index in [0.29, 0.717) is 11.4 Å². The van der Waals surface area contributed by atoms with E-state index in [-0.39, 0.29) is 0 Å². The Morgan fingerprint density at radius 3 is 2.75 bits per heavy atom. The number of rotatable bonds is 3. The molecule has 64 valence electrons. The zero-order valence-corrected chi connectivity index (χ0v) is 7.29. The fourth-order valence-electron chi connectivity index (χ4n) is 0.966. The van der Waals surface area contributed by atoms with Gasteiger partial charge in [0.2, 0.25) is 0 Å². The Labute approximate surface area is 76.3 Å². The van der Waals surface area contributed by atoms with E-state index in [2.05, 4.69) is 0 Å². The first-order valence-corrected chi connectivity index (χ1v) is 4.06. The Balaban J connectivity index is 2.75. The lowest BCUT2D eigenvalue weighted by Gasteiger charge is -2.05. The van der Waals surface area contributed by atoms with Crippen molar-refractivity contribution in [1.82, 2.24) is 0 Å². The first-order chi connectivity index (χ1) is 5.74. The first kappa shape index (κ1) is 9.23. The Hall–Kier alpha value is -0.860. The second-order valence-corrected chi connectivity index (χ2v) is 3.00. The smallest absolute Gasteiger partial charge is 0.137 e. The molecule has 0 radical (unpaired) electrons. The van der Waals surface area contributed by atoms with Crippen LogP contribution in [0.2, 0.25) is 5.02 Å². The van der Waals surface area contributed by atoms with Gasteiger partial charge in [-0.2, -0.15) is 0 Å². The van der Waals surface area contributed by atoms with Gasteiger partial charge >= 0.3 is 0 Å². The van der Waals surface area contributed by atoms with Crippen molar-refractivity contribution < 1.29 is 4.79 Å². The number of hydrogen-bond acceptors (Lipinski definition) is 2. The van der Waals surface area contributed by atoms with Crippen LogP contribution in [0.5, 0.6) is 0 Å². The van der Waals surface area contributed by atoms with Crippen molar-refractivity contribution in [2.75, 3.05) is 0 Å². The molecule has 1 aromatic carbocycles. The van der Waals surface area contributed by atoms with E-state index in [9.17, 15) is 4.79 Å². The zero-order valence-electron chi connectivity index (χ0n) is 6.53. The van der Waals surface area contributed by atoms with Crippen molar-refractivity contribution in [3.8, 4) is 0 Å². The molecule has 2 nitrogen and oxygen atoms in total. The fourth-order valence-corrected chi connectivity index (χ4v) is 1.18. The molecule has 0 aliphatic rings. The van der Waals surface area contributed by atoms with Gasteiger partial charge in [-0.1, -0.05) is 29.8 Å². The monoisotopic (exact) mass is 183 g/mol. The lowest BCUT2D eigenvalue weighted by Crippen LogP contribution is -2.24. The van der Waals surface area contributed by atoms with Crippen LogP contribution in [0.1, 0.15) is 5.56 Å². The lowest BCUT2D eigenvalue weighted by molar-refractivity contribution is -0.108. The fraction of sp³-hybridized carbons (Fsp3) is 0.222. The quantitative estimate of drug-likeness (QED) is 0.721. The molecule has 0 aliphatic carbocycles. The molecular formula is C9H10ClNO. The minimum Gasteiger partial charge on any atom is -0.321 e. The van der Waals surface area contributed by atoms with Crippen LogP contribution in [-0.4, -0.2) is 12.3 Å². The Morgan fingerprint density at radius 2 is 2.17 bits per heavy atom. The molecule has 0 amide bonds. The maximum atomic E-state index is 10.3. The summed E-state index contributed by atoms with van der Waals surface area (Å²) in [5, 5.41) is 0.662. The normalized spacial score (nSPS) is 12.5. The van der Waals surface area contributed by atoms with Gasteiger partial charge in [0.1, 0.15) is 6.29 Å². The van der Waals surface area contributed by atoms with Crippen molar-refractivity contribution in [2.45, 2.75) is 12.5 Å². The van der Waals surface area contributed by atoms with Gasteiger partial charge in [0, 0.05) is 5.02 Å². The molecule has 1 unspecified atom stereocenters. The predicted molar refractivity (Wildman–Crippen MR) is 49.2 cm³/mol. The summed E-state index contributed by atoms with van der Waals surface area (Å²) in [5.74, 6) is 0. The standard InChI is InChI=1S/C9H10ClNO/c10-9-4-2-1-3-7(9)5-8(11)6-12/h1-4,6,8H,5,11H2. The topological polar surface area (TPSA) is 43.1 Å². The van der Waals surface area contributed by atoms with Crippen molar-refractivity contribution in [2.24, 2.45) is 5.73 Å². The average Bonchev–Trinajstić information content (AvgIpc) is 2.09. The number of benzene rings is 1. The number of halogens is 1. The van der Waals surface area contributed by atoms with Crippen LogP contribution < -0.4 is 5.73 Å². The lowest BCUT2D eigenvalue weighted by atomic mass is 10.1. The van der Waals surface area contributed by atoms with Gasteiger partial charge in [-0.3, -0.25) is 0 Å². The SMILES string of the molecule is NC(C=O)Cc1ccccc1Cl. The summed E-state index contributed by atoms with van der Waals surface area (Å²) in [5.41, 5.74) is 6.36. The zero-order chi connectivity index (χ0) is 8.97. The van der Waals surface area contributed by atoms with E-state index in [4.69, 9.17) is 17.3 Å². The van der Waals surface area contributed by atoms with Gasteiger partial charge in [-0.25, -0.2) is 0 Å². The number of carbonyl (C=O) groups is 1. The third-order valence-electron chi connectivity index (χ3n) is 1.59. The summed E-state index contributed by atoms with van der Waals surface area (Å²) in [7, 11) is 0. The van der Waals surface area contributed by atoms with E-state index >= 15 is 0 Å². The van der Waals surface area contributed by atoms with Crippen LogP contribution in [0.25, 0.3) is 0 Å². The minimum atomic E-state index is -0.454. The van der Waals surface area contributed by atoms with E-state index in [1.165, 1.54) is 0 Å². The van der Waals surface area contributed by atoms with E-state index in [0.717, 1.165) is 11.8 Å². The predicted octanol–water partition coefficient (Wildman–Crippen LogP) is 1.41. The maximum absolute atomic E-state index is 10.3. The van der Waals surface area contributed by atoms with Crippen molar-refractivity contribution in [1.29, 1.82) is 0 Å². The molecular weight excluding hydrogens is 174 g/mol. The van der Waals surface area contributed by atoms with Crippen molar-refractivity contribution >= 4 is 17.9 Å². The molecule has 3 heteroatoms. The first-order valence-electron chi connectivity index (χ1n) is 3.68. The van der Waals surface area contributed by atoms with Gasteiger partial charge in [-0.15, -0.1) is 0 Å². The molecule has 1 aromatic rings. The molecule has 0 spiro atoms. The molecule has 1 atom stereocenters. The van der Waals surface area contributed by atoms with Gasteiger partial charge in [0.25, 0.3) is 0 Å². The summed E-state index contributed by atoms with van der Waals surface area (Å²) in [6.07, 6.45) is 1.23. The molecule has 1 rings (SSSR count). The van der Waals surface area contributed by atoms with Gasteiger partial charge in [0.15, 0.2) is 0 Å². The van der Waals surface area contributed by atoms with Crippen LogP contribution >= 0.6 is 11.6 Å². The molecule has 0 heterocycles. The van der Waals surface area contributed by atoms with Crippen LogP contribution in [-0.2, 0) is 11.2 Å². The Bertz CT molecular complexity index is 275. The molecule has 0 fully saturated rings. The number of aldehydes is 1. The molecule has 0 aromatic heterocycles. The average molecular weight is 184 g/mol. The highest BCUT2D eigenvalue weighted by atomic mass is 35.5. The van der Waals surface area contributed by atoms with Gasteiger partial charge in [-0.05, 0) is 18.1 Å². The highest BCUT2D eigenvalue weighted by Crippen LogP contribution is 2.15. The van der Waals surface area contributed by atoms with Crippen LogP contribution in [0, 0.1) is 0 Å². The molecule has 2 N–H and O–H groups in total. The summed E-state index contributed by atoms with van der Waals surface area (Å²) < 4.78 is 0. The van der Waals surface area contributed by atoms with Crippen LogP contribution in [0.4, 0.5) is 0 Å². The maximum Gasteiger partial charge on any atom is 0.137 e. The Kier molecular flexibility index (Phi) is 3.26. The summed E-state index contributed by atoms with van der Waals surface area (Å²) in [6.45, 7) is 0. The van der Waals surface area contributed by atoms with E-state index in [1.807, 2.05) is 18.2 Å². The van der Waals surface area contributed by atoms with Crippen LogP contribution in [0.3, 0.4) is 0 Å². The minimum absolute atomic E-state index is 0.454. The summed E-state index contributed by atoms with van der Waals surface area (Å²) >= 11 is 5.85. The Morgan fingerprint density at radius 1 is 1.50 bits per heavy atom. The molecule has 0 aliphatic heterocycles. The highest BCUT2D eigenvalue weighted by Gasteiger charge is 2.04. The van der Waals surface area contributed by atoms with Crippen molar-refractivity contribution in [3.63, 3.8) is 0 Å². The van der Waals surface area contributed by atoms with E-state index < -0.39 is 6.04 Å². The second kappa shape index (κ2) is 4.24. The number of carbonyl (C=O) groups excluding carboxylic acids is 1. The molecule has 0 saturated heterocycles. The third-order valence-corrected chi connectivity index (χ3v) is 1.96. The second-order valence-electron chi connectivity index (χ2n) is 2.60. The third kappa shape index (κ3) is 2.32. The highest BCUT2D eigenvalue weighted by molar-refractivity contribution is 6.31. The van der Waals surface area contributed by atoms with Gasteiger partial charge in [0.05, 0.1) is 6.04 Å². The van der Waals surface area contributed by atoms with Gasteiger partial charge < -0.3 is 10.5 Å². The largest absolute Gasteiger partial charge is 0.321 e. The van der Waals surface area contributed by atoms with Crippen LogP contribution in [0.15, 0.2) is 24.3 Å². The van der Waals surface area contributed by atoms with Crippen molar-refractivity contribution in [3.05, 3.63) is 34.9 Å². The molecule has 0 saturated carbocycles.